The van der Waals surface area contributed by atoms with Crippen LogP contribution in [0, 0.1) is 22.7 Å². The van der Waals surface area contributed by atoms with Crippen LogP contribution < -0.4 is 5.32 Å². The predicted octanol–water partition coefficient (Wildman–Crippen LogP) is 2.88. The van der Waals surface area contributed by atoms with Crippen molar-refractivity contribution in [3.63, 3.8) is 0 Å². The number of nitrogens with zero attached hydrogens (tertiary/aromatic N) is 2. The van der Waals surface area contributed by atoms with Crippen molar-refractivity contribution < 1.29 is 9.59 Å². The highest BCUT2D eigenvalue weighted by atomic mass is 16.2. The van der Waals surface area contributed by atoms with Gasteiger partial charge in [0.2, 0.25) is 5.91 Å². The van der Waals surface area contributed by atoms with Crippen LogP contribution in [0.4, 0.5) is 0 Å². The van der Waals surface area contributed by atoms with Gasteiger partial charge < -0.3 is 15.2 Å². The van der Waals surface area contributed by atoms with Gasteiger partial charge in [-0.05, 0) is 37.2 Å². The van der Waals surface area contributed by atoms with Crippen LogP contribution in [0.25, 0.3) is 0 Å². The van der Waals surface area contributed by atoms with Crippen molar-refractivity contribution in [2.24, 2.45) is 11.3 Å². The van der Waals surface area contributed by atoms with E-state index in [4.69, 9.17) is 5.26 Å². The molecule has 2 N–H and O–H groups in total. The standard InChI is InChI=1S/C20H30N4O2/c1-4-16-13-22-14-17(16)18(25)24-10-6-15(7-11-24)12-23-19(26)20(2,3)8-5-9-21/h13-15,22H,4-8,10-12H2,1-3H3,(H,23,26). The Morgan fingerprint density at radius 2 is 2.04 bits per heavy atom. The third-order valence-corrected chi connectivity index (χ3v) is 5.37. The molecule has 1 fully saturated rings. The minimum absolute atomic E-state index is 0.00571. The van der Waals surface area contributed by atoms with Crippen LogP contribution in [0.5, 0.6) is 0 Å². The van der Waals surface area contributed by atoms with Crippen LogP contribution in [0.1, 0.15) is 62.4 Å². The van der Waals surface area contributed by atoms with Crippen LogP contribution in [0.2, 0.25) is 0 Å². The first-order chi connectivity index (χ1) is 12.4. The number of hydrogen-bond donors (Lipinski definition) is 2. The third-order valence-electron chi connectivity index (χ3n) is 5.37. The second-order valence-corrected chi connectivity index (χ2v) is 7.74. The first kappa shape index (κ1) is 20.0. The minimum atomic E-state index is -0.517. The van der Waals surface area contributed by atoms with Crippen LogP contribution in [0.15, 0.2) is 12.4 Å². The first-order valence-electron chi connectivity index (χ1n) is 9.49. The summed E-state index contributed by atoms with van der Waals surface area (Å²) < 4.78 is 0. The number of amides is 2. The van der Waals surface area contributed by atoms with Gasteiger partial charge in [-0.15, -0.1) is 0 Å². The van der Waals surface area contributed by atoms with Crippen LogP contribution in [0.3, 0.4) is 0 Å². The molecule has 0 radical (unpaired) electrons. The highest BCUT2D eigenvalue weighted by Gasteiger charge is 2.29. The summed E-state index contributed by atoms with van der Waals surface area (Å²) in [5, 5.41) is 11.7. The number of hydrogen-bond acceptors (Lipinski definition) is 3. The van der Waals surface area contributed by atoms with Gasteiger partial charge in [0.1, 0.15) is 0 Å². The van der Waals surface area contributed by atoms with Gasteiger partial charge in [-0.2, -0.15) is 5.26 Å². The molecule has 0 aliphatic carbocycles. The molecule has 0 atom stereocenters. The molecule has 0 saturated carbocycles. The van der Waals surface area contributed by atoms with Gasteiger partial charge in [0, 0.05) is 43.9 Å². The van der Waals surface area contributed by atoms with E-state index in [1.54, 1.807) is 6.20 Å². The van der Waals surface area contributed by atoms with Gasteiger partial charge in [-0.25, -0.2) is 0 Å². The Balaban J connectivity index is 1.79. The molecule has 2 rings (SSSR count). The summed E-state index contributed by atoms with van der Waals surface area (Å²) in [4.78, 5) is 29.9. The van der Waals surface area contributed by atoms with Crippen LogP contribution >= 0.6 is 0 Å². The number of aromatic nitrogens is 1. The molecule has 142 valence electrons. The van der Waals surface area contributed by atoms with Crippen LogP contribution in [-0.2, 0) is 11.2 Å². The lowest BCUT2D eigenvalue weighted by molar-refractivity contribution is -0.129. The molecule has 6 nitrogen and oxygen atoms in total. The second-order valence-electron chi connectivity index (χ2n) is 7.74. The van der Waals surface area contributed by atoms with Crippen LogP contribution in [-0.4, -0.2) is 41.3 Å². The van der Waals surface area contributed by atoms with Crippen molar-refractivity contribution >= 4 is 11.8 Å². The fourth-order valence-corrected chi connectivity index (χ4v) is 3.36. The van der Waals surface area contributed by atoms with E-state index >= 15 is 0 Å². The number of carbonyl (C=O) groups excluding carboxylic acids is 2. The second kappa shape index (κ2) is 8.88. The molecule has 2 amide bonds. The number of aromatic amines is 1. The third kappa shape index (κ3) is 4.87. The first-order valence-corrected chi connectivity index (χ1v) is 9.49. The lowest BCUT2D eigenvalue weighted by Gasteiger charge is -2.33. The lowest BCUT2D eigenvalue weighted by Crippen LogP contribution is -2.44. The topological polar surface area (TPSA) is 89.0 Å². The predicted molar refractivity (Wildman–Crippen MR) is 100 cm³/mol. The van der Waals surface area contributed by atoms with E-state index in [0.29, 0.717) is 25.3 Å². The van der Waals surface area contributed by atoms with E-state index in [-0.39, 0.29) is 11.8 Å². The maximum Gasteiger partial charge on any atom is 0.255 e. The molecular weight excluding hydrogens is 328 g/mol. The SMILES string of the molecule is CCc1c[nH]cc1C(=O)N1CCC(CNC(=O)C(C)(C)CCC#N)CC1. The zero-order valence-corrected chi connectivity index (χ0v) is 16.1. The Kier molecular flexibility index (Phi) is 6.84. The molecule has 0 unspecified atom stereocenters. The van der Waals surface area contributed by atoms with Crippen molar-refractivity contribution in [1.29, 1.82) is 5.26 Å². The van der Waals surface area contributed by atoms with Gasteiger partial charge in [-0.3, -0.25) is 9.59 Å². The van der Waals surface area contributed by atoms with Crippen molar-refractivity contribution in [2.45, 2.75) is 52.9 Å². The number of rotatable bonds is 7. The van der Waals surface area contributed by atoms with E-state index < -0.39 is 5.41 Å². The number of carbonyl (C=O) groups is 2. The summed E-state index contributed by atoms with van der Waals surface area (Å²) in [6, 6.07) is 2.10. The van der Waals surface area contributed by atoms with Crippen molar-refractivity contribution in [1.82, 2.24) is 15.2 Å². The Bertz CT molecular complexity index is 664. The Morgan fingerprint density at radius 1 is 1.35 bits per heavy atom. The van der Waals surface area contributed by atoms with E-state index in [2.05, 4.69) is 16.4 Å². The van der Waals surface area contributed by atoms with E-state index in [1.807, 2.05) is 31.9 Å². The molecule has 1 aliphatic heterocycles. The number of aryl methyl sites for hydroxylation is 1. The summed E-state index contributed by atoms with van der Waals surface area (Å²) in [5.41, 5.74) is 1.32. The Hall–Kier alpha value is -2.29. The number of nitriles is 1. The van der Waals surface area contributed by atoms with Crippen molar-refractivity contribution in [2.75, 3.05) is 19.6 Å². The van der Waals surface area contributed by atoms with Gasteiger partial charge in [0.25, 0.3) is 5.91 Å². The Morgan fingerprint density at radius 3 is 2.65 bits per heavy atom. The summed E-state index contributed by atoms with van der Waals surface area (Å²) in [5.74, 6) is 0.501. The van der Waals surface area contributed by atoms with Gasteiger partial charge in [0.15, 0.2) is 0 Å². The molecule has 26 heavy (non-hydrogen) atoms. The maximum atomic E-state index is 12.7. The fraction of sp³-hybridized carbons (Fsp3) is 0.650. The molecule has 1 saturated heterocycles. The molecule has 1 aliphatic rings. The zero-order valence-electron chi connectivity index (χ0n) is 16.1. The van der Waals surface area contributed by atoms with Crippen molar-refractivity contribution in [3.8, 4) is 6.07 Å². The average Bonchev–Trinajstić information content (AvgIpc) is 3.13. The summed E-state index contributed by atoms with van der Waals surface area (Å²) in [7, 11) is 0. The minimum Gasteiger partial charge on any atom is -0.367 e. The number of H-pyrrole nitrogens is 1. The summed E-state index contributed by atoms with van der Waals surface area (Å²) in [6.07, 6.45) is 7.28. The highest BCUT2D eigenvalue weighted by molar-refractivity contribution is 5.95. The largest absolute Gasteiger partial charge is 0.367 e. The van der Waals surface area contributed by atoms with Gasteiger partial charge >= 0.3 is 0 Å². The molecule has 1 aromatic heterocycles. The normalized spacial score (nSPS) is 15.5. The number of piperidine rings is 1. The molecule has 0 bridgehead atoms. The molecule has 1 aromatic rings. The fourth-order valence-electron chi connectivity index (χ4n) is 3.36. The molecular formula is C20H30N4O2. The molecule has 0 aromatic carbocycles. The number of nitrogens with one attached hydrogen (secondary N) is 2. The maximum absolute atomic E-state index is 12.7. The molecule has 6 heteroatoms. The monoisotopic (exact) mass is 358 g/mol. The quantitative estimate of drug-likeness (QED) is 0.785. The summed E-state index contributed by atoms with van der Waals surface area (Å²) >= 11 is 0. The van der Waals surface area contributed by atoms with Gasteiger partial charge in [0.05, 0.1) is 11.6 Å². The Labute approximate surface area is 155 Å². The average molecular weight is 358 g/mol. The van der Waals surface area contributed by atoms with E-state index in [0.717, 1.165) is 43.5 Å². The molecule has 2 heterocycles. The molecule has 0 spiro atoms. The smallest absolute Gasteiger partial charge is 0.255 e. The van der Waals surface area contributed by atoms with E-state index in [1.165, 1.54) is 0 Å². The zero-order chi connectivity index (χ0) is 19.2. The number of likely N-dealkylation sites (tertiary alicyclic amines) is 1. The van der Waals surface area contributed by atoms with Gasteiger partial charge in [-0.1, -0.05) is 20.8 Å². The lowest BCUT2D eigenvalue weighted by atomic mass is 9.86. The highest BCUT2D eigenvalue weighted by Crippen LogP contribution is 2.24. The van der Waals surface area contributed by atoms with Crippen molar-refractivity contribution in [3.05, 3.63) is 23.5 Å². The van der Waals surface area contributed by atoms with E-state index in [9.17, 15) is 9.59 Å². The summed E-state index contributed by atoms with van der Waals surface area (Å²) in [6.45, 7) is 7.90.